The number of fused-ring (bicyclic) bond motifs is 1. The Labute approximate surface area is 139 Å². The van der Waals surface area contributed by atoms with Crippen molar-refractivity contribution in [2.24, 2.45) is 20.7 Å². The minimum Gasteiger partial charge on any atom is -0.394 e. The predicted molar refractivity (Wildman–Crippen MR) is 79.4 cm³/mol. The molecule has 0 saturated carbocycles. The molecule has 0 aromatic carbocycles. The minimum atomic E-state index is -4.64. The maximum atomic E-state index is 11.9. The second-order valence-corrected chi connectivity index (χ2v) is 5.98. The number of aliphatic imine (C=N–C) groups is 3. The van der Waals surface area contributed by atoms with Crippen LogP contribution in [0.5, 0.6) is 0 Å². The van der Waals surface area contributed by atoms with Crippen molar-refractivity contribution in [3.05, 3.63) is 0 Å². The van der Waals surface area contributed by atoms with Crippen molar-refractivity contribution >= 4 is 37.3 Å². The zero-order valence-corrected chi connectivity index (χ0v) is 13.2. The SMILES string of the molecule is NC1=NC(=O)C2=NC(=O)N([C@H]3C[C@H](O)[C@@H](CO)O3)C2=N1.O=P(O)(O)O. The van der Waals surface area contributed by atoms with E-state index in [1.54, 1.807) is 0 Å². The summed E-state index contributed by atoms with van der Waals surface area (Å²) in [6, 6.07) is -0.743. The van der Waals surface area contributed by atoms with Crippen molar-refractivity contribution in [2.45, 2.75) is 24.9 Å². The lowest BCUT2D eigenvalue weighted by Crippen LogP contribution is -2.45. The van der Waals surface area contributed by atoms with Crippen LogP contribution in [0.1, 0.15) is 6.42 Å². The molecule has 1 saturated heterocycles. The fourth-order valence-corrected chi connectivity index (χ4v) is 2.24. The van der Waals surface area contributed by atoms with Crippen LogP contribution in [0.2, 0.25) is 0 Å². The van der Waals surface area contributed by atoms with Gasteiger partial charge in [-0.15, -0.1) is 0 Å². The molecule has 0 radical (unpaired) electrons. The Hall–Kier alpha value is -2.06. The summed E-state index contributed by atoms with van der Waals surface area (Å²) in [7, 11) is -4.64. The maximum absolute atomic E-state index is 11.9. The smallest absolute Gasteiger partial charge is 0.394 e. The van der Waals surface area contributed by atoms with Gasteiger partial charge in [0.15, 0.2) is 11.5 Å². The van der Waals surface area contributed by atoms with Crippen LogP contribution in [0.4, 0.5) is 4.79 Å². The molecular weight excluding hydrogens is 365 g/mol. The molecule has 138 valence electrons. The molecule has 0 spiro atoms. The largest absolute Gasteiger partial charge is 0.466 e. The fraction of sp³-hybridized carbons (Fsp3) is 0.500. The highest BCUT2D eigenvalue weighted by atomic mass is 31.2. The monoisotopic (exact) mass is 379 g/mol. The van der Waals surface area contributed by atoms with E-state index in [0.29, 0.717) is 0 Å². The Balaban J connectivity index is 0.000000399. The standard InChI is InChI=1S/C10H11N5O5.H3O4P/c11-9-13-7-6(8(18)14-9)12-10(19)15(7)5-1-3(17)4(2-16)20-5;1-5(2,3)4/h3-5,16-17H,1-2H2,(H2,11,14,18);(H3,1,2,3,4)/t3-,4+,5+;/m0./s1. The van der Waals surface area contributed by atoms with Crippen molar-refractivity contribution in [1.82, 2.24) is 4.90 Å². The van der Waals surface area contributed by atoms with E-state index in [0.717, 1.165) is 4.90 Å². The summed E-state index contributed by atoms with van der Waals surface area (Å²) in [6.07, 6.45) is -2.52. The number of hydrogen-bond acceptors (Lipinski definition) is 8. The molecule has 14 nitrogen and oxygen atoms in total. The number of aliphatic hydroxyl groups is 2. The second kappa shape index (κ2) is 7.05. The highest BCUT2D eigenvalue weighted by Gasteiger charge is 2.46. The van der Waals surface area contributed by atoms with Crippen molar-refractivity contribution in [3.8, 4) is 0 Å². The third-order valence-electron chi connectivity index (χ3n) is 3.16. The summed E-state index contributed by atoms with van der Waals surface area (Å²) in [5.74, 6) is -1.07. The predicted octanol–water partition coefficient (Wildman–Crippen LogP) is -3.34. The summed E-state index contributed by atoms with van der Waals surface area (Å²) < 4.78 is 14.2. The highest BCUT2D eigenvalue weighted by molar-refractivity contribution is 7.45. The topological polar surface area (TPSA) is 228 Å². The van der Waals surface area contributed by atoms with Crippen LogP contribution < -0.4 is 5.73 Å². The van der Waals surface area contributed by atoms with E-state index < -0.39 is 38.2 Å². The number of rotatable bonds is 2. The molecule has 3 atom stereocenters. The lowest BCUT2D eigenvalue weighted by molar-refractivity contribution is -0.111. The van der Waals surface area contributed by atoms with Gasteiger partial charge in [0.25, 0.3) is 0 Å². The summed E-state index contributed by atoms with van der Waals surface area (Å²) >= 11 is 0. The number of phosphoric acid groups is 1. The zero-order valence-electron chi connectivity index (χ0n) is 12.3. The molecule has 1 fully saturated rings. The molecule has 0 aromatic rings. The number of amides is 3. The van der Waals surface area contributed by atoms with E-state index in [-0.39, 0.29) is 30.5 Å². The van der Waals surface area contributed by atoms with Crippen LogP contribution in [-0.2, 0) is 14.1 Å². The van der Waals surface area contributed by atoms with E-state index >= 15 is 0 Å². The number of guanidine groups is 1. The first-order chi connectivity index (χ1) is 11.5. The Kier molecular flexibility index (Phi) is 5.43. The van der Waals surface area contributed by atoms with Gasteiger partial charge < -0.3 is 35.4 Å². The number of nitrogens with two attached hydrogens (primary N) is 1. The van der Waals surface area contributed by atoms with Crippen LogP contribution in [0, 0.1) is 0 Å². The van der Waals surface area contributed by atoms with Crippen molar-refractivity contribution < 1.29 is 43.8 Å². The third kappa shape index (κ3) is 4.52. The number of carbonyl (C=O) groups is 2. The average molecular weight is 379 g/mol. The van der Waals surface area contributed by atoms with Gasteiger partial charge in [-0.2, -0.15) is 15.0 Å². The molecule has 3 heterocycles. The van der Waals surface area contributed by atoms with Crippen LogP contribution in [0.3, 0.4) is 0 Å². The van der Waals surface area contributed by atoms with Gasteiger partial charge >= 0.3 is 19.8 Å². The molecule has 0 unspecified atom stereocenters. The van der Waals surface area contributed by atoms with Gasteiger partial charge in [-0.05, 0) is 0 Å². The molecule has 0 aromatic heterocycles. The highest BCUT2D eigenvalue weighted by Crippen LogP contribution is 2.27. The Morgan fingerprint density at radius 2 is 1.84 bits per heavy atom. The van der Waals surface area contributed by atoms with Gasteiger partial charge in [-0.25, -0.2) is 14.3 Å². The summed E-state index contributed by atoms with van der Waals surface area (Å²) in [5, 5.41) is 18.7. The van der Waals surface area contributed by atoms with E-state index in [1.165, 1.54) is 0 Å². The molecular formula is C10H14N5O9P. The van der Waals surface area contributed by atoms with E-state index in [2.05, 4.69) is 15.0 Å². The molecule has 25 heavy (non-hydrogen) atoms. The third-order valence-corrected chi connectivity index (χ3v) is 3.16. The van der Waals surface area contributed by atoms with Gasteiger partial charge in [-0.1, -0.05) is 0 Å². The Bertz CT molecular complexity index is 720. The molecule has 15 heteroatoms. The Morgan fingerprint density at radius 1 is 1.24 bits per heavy atom. The van der Waals surface area contributed by atoms with Crippen LogP contribution in [0.25, 0.3) is 0 Å². The summed E-state index contributed by atoms with van der Waals surface area (Å²) in [4.78, 5) is 56.8. The second-order valence-electron chi connectivity index (χ2n) is 4.95. The normalized spacial score (nSPS) is 28.8. The average Bonchev–Trinajstić information content (AvgIpc) is 2.96. The molecule has 7 N–H and O–H groups in total. The number of amidine groups is 1. The van der Waals surface area contributed by atoms with E-state index in [1.807, 2.05) is 0 Å². The number of ether oxygens (including phenoxy) is 1. The number of nitrogens with zero attached hydrogens (tertiary/aromatic N) is 4. The molecule has 3 aliphatic rings. The van der Waals surface area contributed by atoms with Crippen molar-refractivity contribution in [3.63, 3.8) is 0 Å². The quantitative estimate of drug-likeness (QED) is 0.261. The minimum absolute atomic E-state index is 0.0386. The number of hydrogen-bond donors (Lipinski definition) is 6. The van der Waals surface area contributed by atoms with Crippen LogP contribution in [-0.4, -0.2) is 84.3 Å². The molecule has 3 aliphatic heterocycles. The lowest BCUT2D eigenvalue weighted by atomic mass is 10.2. The number of aliphatic hydroxyl groups excluding tert-OH is 2. The number of carbonyl (C=O) groups excluding carboxylic acids is 2. The van der Waals surface area contributed by atoms with Crippen LogP contribution >= 0.6 is 7.82 Å². The van der Waals surface area contributed by atoms with Gasteiger partial charge in [0.1, 0.15) is 12.3 Å². The first kappa shape index (κ1) is 19.3. The molecule has 3 rings (SSSR count). The van der Waals surface area contributed by atoms with Gasteiger partial charge in [0.05, 0.1) is 12.7 Å². The zero-order chi connectivity index (χ0) is 18.9. The number of urea groups is 1. The maximum Gasteiger partial charge on any atom is 0.466 e. The molecule has 3 amide bonds. The van der Waals surface area contributed by atoms with Gasteiger partial charge in [0, 0.05) is 6.42 Å². The summed E-state index contributed by atoms with van der Waals surface area (Å²) in [6.45, 7) is -0.386. The summed E-state index contributed by atoms with van der Waals surface area (Å²) in [5.41, 5.74) is 5.19. The Morgan fingerprint density at radius 3 is 2.36 bits per heavy atom. The molecule has 0 aliphatic carbocycles. The van der Waals surface area contributed by atoms with Crippen molar-refractivity contribution in [2.75, 3.05) is 6.61 Å². The van der Waals surface area contributed by atoms with Crippen molar-refractivity contribution in [1.29, 1.82) is 0 Å². The van der Waals surface area contributed by atoms with E-state index in [4.69, 9.17) is 34.8 Å². The van der Waals surface area contributed by atoms with E-state index in [9.17, 15) is 14.7 Å². The lowest BCUT2D eigenvalue weighted by Gasteiger charge is -2.23. The first-order valence-electron chi connectivity index (χ1n) is 6.63. The molecule has 0 bridgehead atoms. The van der Waals surface area contributed by atoms with Gasteiger partial charge in [-0.3, -0.25) is 4.79 Å². The fourth-order valence-electron chi connectivity index (χ4n) is 2.24. The van der Waals surface area contributed by atoms with Crippen LogP contribution in [0.15, 0.2) is 15.0 Å². The van der Waals surface area contributed by atoms with Gasteiger partial charge in [0.2, 0.25) is 5.96 Å². The first-order valence-corrected chi connectivity index (χ1v) is 8.20.